The maximum Gasteiger partial charge on any atom is 0.416 e. The van der Waals surface area contributed by atoms with Crippen LogP contribution in [0, 0.1) is 0 Å². The van der Waals surface area contributed by atoms with E-state index in [1.165, 1.54) is 30.5 Å². The van der Waals surface area contributed by atoms with Crippen LogP contribution < -0.4 is 0 Å². The van der Waals surface area contributed by atoms with Crippen molar-refractivity contribution >= 4 is 11.5 Å². The molecule has 0 aliphatic carbocycles. The largest absolute Gasteiger partial charge is 0.478 e. The van der Waals surface area contributed by atoms with E-state index < -0.39 is 17.7 Å². The zero-order valence-corrected chi connectivity index (χ0v) is 11.2. The average molecular weight is 308 g/mol. The third kappa shape index (κ3) is 3.88. The Morgan fingerprint density at radius 3 is 2.32 bits per heavy atom. The Morgan fingerprint density at radius 1 is 1.14 bits per heavy atom. The Balaban J connectivity index is 2.40. The van der Waals surface area contributed by atoms with Crippen molar-refractivity contribution in [3.8, 4) is 0 Å². The van der Waals surface area contributed by atoms with Crippen molar-refractivity contribution in [3.63, 3.8) is 0 Å². The van der Waals surface area contributed by atoms with Gasteiger partial charge in [0.25, 0.3) is 0 Å². The van der Waals surface area contributed by atoms with Crippen molar-refractivity contribution < 1.29 is 27.5 Å². The molecule has 2 aromatic rings. The fourth-order valence-corrected chi connectivity index (χ4v) is 1.82. The van der Waals surface area contributed by atoms with Crippen molar-refractivity contribution in [1.29, 1.82) is 0 Å². The summed E-state index contributed by atoms with van der Waals surface area (Å²) in [4.78, 5) is 10.5. The molecule has 0 saturated heterocycles. The van der Waals surface area contributed by atoms with Gasteiger partial charge < -0.3 is 9.52 Å². The Morgan fingerprint density at radius 2 is 1.82 bits per heavy atom. The molecule has 0 atom stereocenters. The smallest absolute Gasteiger partial charge is 0.416 e. The first kappa shape index (κ1) is 15.6. The summed E-state index contributed by atoms with van der Waals surface area (Å²) in [6, 6.07) is 7.82. The number of hydrogen-bond acceptors (Lipinski definition) is 2. The molecule has 1 aromatic heterocycles. The molecule has 0 bridgehead atoms. The highest BCUT2D eigenvalue weighted by Gasteiger charge is 2.30. The van der Waals surface area contributed by atoms with Crippen LogP contribution in [0.25, 0.3) is 5.57 Å². The van der Waals surface area contributed by atoms with Gasteiger partial charge in [-0.3, -0.25) is 0 Å². The molecule has 1 aromatic carbocycles. The second-order valence-electron chi connectivity index (χ2n) is 4.33. The number of carboxylic acids is 1. The minimum atomic E-state index is -4.41. The van der Waals surface area contributed by atoms with Gasteiger partial charge >= 0.3 is 12.1 Å². The number of rotatable bonds is 4. The number of hydrogen-bond donors (Lipinski definition) is 1. The molecule has 114 valence electrons. The van der Waals surface area contributed by atoms with Crippen LogP contribution in [0.15, 0.2) is 65.3 Å². The van der Waals surface area contributed by atoms with Crippen LogP contribution >= 0.6 is 0 Å². The lowest BCUT2D eigenvalue weighted by Crippen LogP contribution is -2.04. The maximum atomic E-state index is 12.6. The Hall–Kier alpha value is -2.76. The Labute approximate surface area is 124 Å². The van der Waals surface area contributed by atoms with E-state index in [1.54, 1.807) is 12.1 Å². The highest BCUT2D eigenvalue weighted by molar-refractivity contribution is 5.82. The van der Waals surface area contributed by atoms with Crippen molar-refractivity contribution in [3.05, 3.63) is 77.8 Å². The second-order valence-corrected chi connectivity index (χ2v) is 4.33. The van der Waals surface area contributed by atoms with E-state index in [4.69, 9.17) is 9.52 Å². The van der Waals surface area contributed by atoms with Crippen molar-refractivity contribution in [2.24, 2.45) is 0 Å². The molecule has 0 radical (unpaired) electrons. The molecular weight excluding hydrogens is 297 g/mol. The van der Waals surface area contributed by atoms with Gasteiger partial charge in [-0.1, -0.05) is 24.3 Å². The SMILES string of the molecule is O=C(O)C=CC=C(c1ccc(C(F)(F)F)cc1)c1ccco1. The van der Waals surface area contributed by atoms with E-state index in [-0.39, 0.29) is 0 Å². The lowest BCUT2D eigenvalue weighted by Gasteiger charge is -2.09. The average Bonchev–Trinajstić information content (AvgIpc) is 2.96. The molecule has 2 rings (SSSR count). The van der Waals surface area contributed by atoms with Gasteiger partial charge in [-0.25, -0.2) is 4.79 Å². The molecule has 22 heavy (non-hydrogen) atoms. The minimum absolute atomic E-state index is 0.426. The summed E-state index contributed by atoms with van der Waals surface area (Å²) in [5.74, 6) is -0.697. The molecule has 0 fully saturated rings. The molecule has 0 unspecified atom stereocenters. The molecular formula is C16H11F3O3. The van der Waals surface area contributed by atoms with Gasteiger partial charge in [0.1, 0.15) is 5.76 Å². The van der Waals surface area contributed by atoms with Gasteiger partial charge in [0.2, 0.25) is 0 Å². The molecule has 6 heteroatoms. The quantitative estimate of drug-likeness (QED) is 0.674. The van der Waals surface area contributed by atoms with E-state index in [9.17, 15) is 18.0 Å². The third-order valence-electron chi connectivity index (χ3n) is 2.81. The first-order chi connectivity index (χ1) is 10.4. The lowest BCUT2D eigenvalue weighted by molar-refractivity contribution is -0.137. The predicted octanol–water partition coefficient (Wildman–Crippen LogP) is 4.37. The number of aliphatic carboxylic acids is 1. The molecule has 0 aliphatic heterocycles. The minimum Gasteiger partial charge on any atom is -0.478 e. The van der Waals surface area contributed by atoms with Crippen LogP contribution in [-0.4, -0.2) is 11.1 Å². The summed E-state index contributed by atoms with van der Waals surface area (Å²) in [7, 11) is 0. The van der Waals surface area contributed by atoms with Gasteiger partial charge in [0, 0.05) is 11.6 Å². The number of carboxylic acid groups (broad SMARTS) is 1. The zero-order valence-electron chi connectivity index (χ0n) is 11.2. The summed E-state index contributed by atoms with van der Waals surface area (Å²) in [5.41, 5.74) is 0.213. The number of carbonyl (C=O) groups is 1. The van der Waals surface area contributed by atoms with Crippen LogP contribution in [0.5, 0.6) is 0 Å². The molecule has 0 amide bonds. The van der Waals surface area contributed by atoms with Crippen LogP contribution in [0.1, 0.15) is 16.9 Å². The molecule has 0 spiro atoms. The molecule has 1 N–H and O–H groups in total. The zero-order chi connectivity index (χ0) is 16.2. The number of furan rings is 1. The first-order valence-electron chi connectivity index (χ1n) is 6.21. The summed E-state index contributed by atoms with van der Waals surface area (Å²) in [6.45, 7) is 0. The normalized spacial score (nSPS) is 12.8. The Kier molecular flexibility index (Phi) is 4.50. The van der Waals surface area contributed by atoms with E-state index in [0.717, 1.165) is 18.2 Å². The second kappa shape index (κ2) is 6.34. The van der Waals surface area contributed by atoms with E-state index in [2.05, 4.69) is 0 Å². The third-order valence-corrected chi connectivity index (χ3v) is 2.81. The topological polar surface area (TPSA) is 50.4 Å². The summed E-state index contributed by atoms with van der Waals surface area (Å²) < 4.78 is 43.0. The van der Waals surface area contributed by atoms with E-state index in [1.807, 2.05) is 0 Å². The molecule has 1 heterocycles. The van der Waals surface area contributed by atoms with Crippen LogP contribution in [0.4, 0.5) is 13.2 Å². The lowest BCUT2D eigenvalue weighted by atomic mass is 10.0. The molecule has 0 aliphatic rings. The predicted molar refractivity (Wildman–Crippen MR) is 74.0 cm³/mol. The van der Waals surface area contributed by atoms with Crippen LogP contribution in [-0.2, 0) is 11.0 Å². The van der Waals surface area contributed by atoms with Crippen LogP contribution in [0.2, 0.25) is 0 Å². The van der Waals surface area contributed by atoms with Crippen molar-refractivity contribution in [2.45, 2.75) is 6.18 Å². The summed E-state index contributed by atoms with van der Waals surface area (Å²) in [6.07, 6.45) is 0.699. The van der Waals surface area contributed by atoms with E-state index >= 15 is 0 Å². The summed E-state index contributed by atoms with van der Waals surface area (Å²) >= 11 is 0. The number of benzene rings is 1. The monoisotopic (exact) mass is 308 g/mol. The fourth-order valence-electron chi connectivity index (χ4n) is 1.82. The first-order valence-corrected chi connectivity index (χ1v) is 6.21. The highest BCUT2D eigenvalue weighted by atomic mass is 19.4. The van der Waals surface area contributed by atoms with Crippen molar-refractivity contribution in [2.75, 3.05) is 0 Å². The molecule has 0 saturated carbocycles. The van der Waals surface area contributed by atoms with Gasteiger partial charge in [-0.05, 0) is 29.8 Å². The standard InChI is InChI=1S/C16H11F3O3/c17-16(18,19)12-8-6-11(7-9-12)13(3-1-5-15(20)21)14-4-2-10-22-14/h1-10H,(H,20,21). The van der Waals surface area contributed by atoms with Gasteiger partial charge in [-0.15, -0.1) is 0 Å². The fraction of sp³-hybridized carbons (Fsp3) is 0.0625. The summed E-state index contributed by atoms with van der Waals surface area (Å²) in [5, 5.41) is 8.59. The highest BCUT2D eigenvalue weighted by Crippen LogP contribution is 2.31. The number of alkyl halides is 3. The van der Waals surface area contributed by atoms with Crippen molar-refractivity contribution in [1.82, 2.24) is 0 Å². The molecule has 3 nitrogen and oxygen atoms in total. The van der Waals surface area contributed by atoms with Gasteiger partial charge in [0.05, 0.1) is 11.8 Å². The maximum absolute atomic E-state index is 12.6. The van der Waals surface area contributed by atoms with Gasteiger partial charge in [0.15, 0.2) is 0 Å². The number of halogens is 3. The Bertz CT molecular complexity index is 693. The van der Waals surface area contributed by atoms with E-state index in [0.29, 0.717) is 16.9 Å². The van der Waals surface area contributed by atoms with Gasteiger partial charge in [-0.2, -0.15) is 13.2 Å². The number of allylic oxidation sites excluding steroid dienone is 2. The van der Waals surface area contributed by atoms with Crippen LogP contribution in [0.3, 0.4) is 0 Å².